The van der Waals surface area contributed by atoms with Crippen LogP contribution in [-0.4, -0.2) is 59.2 Å². The fourth-order valence-electron chi connectivity index (χ4n) is 5.19. The van der Waals surface area contributed by atoms with Crippen molar-refractivity contribution in [2.24, 2.45) is 0 Å². The molecule has 0 aliphatic carbocycles. The van der Waals surface area contributed by atoms with Gasteiger partial charge in [-0.2, -0.15) is 0 Å². The Morgan fingerprint density at radius 2 is 1.84 bits per heavy atom. The van der Waals surface area contributed by atoms with E-state index in [1.165, 1.54) is 0 Å². The van der Waals surface area contributed by atoms with Crippen molar-refractivity contribution in [2.75, 3.05) is 26.2 Å². The van der Waals surface area contributed by atoms with Crippen LogP contribution in [0.3, 0.4) is 0 Å². The number of hydrogen-bond acceptors (Lipinski definition) is 4. The second kappa shape index (κ2) is 8.08. The first-order chi connectivity index (χ1) is 15.4. The average Bonchev–Trinajstić information content (AvgIpc) is 3.15. The van der Waals surface area contributed by atoms with Crippen molar-refractivity contribution < 1.29 is 19.1 Å². The molecule has 2 amide bonds. The maximum Gasteiger partial charge on any atom is 0.242 e. The molecule has 32 heavy (non-hydrogen) atoms. The van der Waals surface area contributed by atoms with Gasteiger partial charge in [0.15, 0.2) is 5.78 Å². The number of amides is 2. The third kappa shape index (κ3) is 3.90. The molecule has 3 aliphatic rings. The normalized spacial score (nSPS) is 22.1. The van der Waals surface area contributed by atoms with Crippen molar-refractivity contribution in [2.45, 2.75) is 44.1 Å². The molecule has 5 rings (SSSR count). The number of piperidine rings is 1. The molecule has 0 radical (unpaired) electrons. The third-order valence-corrected chi connectivity index (χ3v) is 7.08. The lowest BCUT2D eigenvalue weighted by Crippen LogP contribution is -2.53. The van der Waals surface area contributed by atoms with E-state index in [-0.39, 0.29) is 30.1 Å². The summed E-state index contributed by atoms with van der Waals surface area (Å²) in [6.45, 7) is 3.75. The van der Waals surface area contributed by atoms with Gasteiger partial charge in [-0.25, -0.2) is 0 Å². The van der Waals surface area contributed by atoms with Crippen molar-refractivity contribution in [1.29, 1.82) is 0 Å². The second-order valence-corrected chi connectivity index (χ2v) is 9.35. The molecule has 2 fully saturated rings. The molecule has 3 aliphatic heterocycles. The summed E-state index contributed by atoms with van der Waals surface area (Å²) >= 11 is 0. The molecule has 2 aromatic rings. The number of rotatable bonds is 3. The summed E-state index contributed by atoms with van der Waals surface area (Å²) in [5.74, 6) is 0.922. The summed E-state index contributed by atoms with van der Waals surface area (Å²) in [5, 5.41) is 0. The number of likely N-dealkylation sites (tertiary alicyclic amines) is 2. The zero-order valence-corrected chi connectivity index (χ0v) is 18.4. The van der Waals surface area contributed by atoms with Crippen LogP contribution in [0.15, 0.2) is 48.5 Å². The second-order valence-electron chi connectivity index (χ2n) is 9.35. The zero-order chi connectivity index (χ0) is 22.3. The van der Waals surface area contributed by atoms with Gasteiger partial charge in [0, 0.05) is 44.8 Å². The maximum atomic E-state index is 12.9. The lowest BCUT2D eigenvalue weighted by atomic mass is 9.82. The molecular formula is C26H28N2O4. The van der Waals surface area contributed by atoms with E-state index in [2.05, 4.69) is 0 Å². The van der Waals surface area contributed by atoms with Crippen molar-refractivity contribution in [3.05, 3.63) is 65.2 Å². The van der Waals surface area contributed by atoms with Gasteiger partial charge >= 0.3 is 0 Å². The van der Waals surface area contributed by atoms with Gasteiger partial charge in [-0.3, -0.25) is 14.4 Å². The van der Waals surface area contributed by atoms with Crippen molar-refractivity contribution in [3.63, 3.8) is 0 Å². The van der Waals surface area contributed by atoms with Gasteiger partial charge in [0.2, 0.25) is 11.8 Å². The monoisotopic (exact) mass is 432 g/mol. The molecule has 2 aromatic carbocycles. The van der Waals surface area contributed by atoms with Crippen LogP contribution in [0.1, 0.15) is 53.1 Å². The van der Waals surface area contributed by atoms with Gasteiger partial charge in [0.1, 0.15) is 11.4 Å². The maximum absolute atomic E-state index is 12.9. The Balaban J connectivity index is 1.19. The highest BCUT2D eigenvalue weighted by Gasteiger charge is 2.44. The predicted octanol–water partition coefficient (Wildman–Crippen LogP) is 3.34. The highest BCUT2D eigenvalue weighted by atomic mass is 16.5. The van der Waals surface area contributed by atoms with Gasteiger partial charge in [-0.05, 0) is 24.6 Å². The van der Waals surface area contributed by atoms with Gasteiger partial charge in [0.25, 0.3) is 0 Å². The number of ketones is 1. The number of fused-ring (bicyclic) bond motifs is 1. The number of nitrogens with zero attached hydrogens (tertiary/aromatic N) is 2. The standard InChI is InChI=1S/C26H28N2O4/c1-18-7-8-23-21(13-18)22(29)15-26(32-23)9-11-27(12-10-26)25(31)17-28-16-20(14-24(28)30)19-5-3-2-4-6-19/h2-8,13,20H,9-12,14-17H2,1H3. The molecule has 2 saturated heterocycles. The topological polar surface area (TPSA) is 66.9 Å². The SMILES string of the molecule is Cc1ccc2c(c1)C(=O)CC1(CCN(C(=O)CN3CC(c4ccccc4)CC3=O)CC1)O2. The van der Waals surface area contributed by atoms with Gasteiger partial charge in [-0.1, -0.05) is 42.0 Å². The van der Waals surface area contributed by atoms with Crippen LogP contribution < -0.4 is 4.74 Å². The molecule has 0 bridgehead atoms. The molecule has 0 saturated carbocycles. The van der Waals surface area contributed by atoms with Crippen molar-refractivity contribution >= 4 is 17.6 Å². The highest BCUT2D eigenvalue weighted by molar-refractivity contribution is 6.00. The Morgan fingerprint density at radius 3 is 2.59 bits per heavy atom. The molecular weight excluding hydrogens is 404 g/mol. The summed E-state index contributed by atoms with van der Waals surface area (Å²) in [6, 6.07) is 15.7. The minimum absolute atomic E-state index is 0.0277. The Hall–Kier alpha value is -3.15. The Morgan fingerprint density at radius 1 is 1.09 bits per heavy atom. The van der Waals surface area contributed by atoms with E-state index in [0.29, 0.717) is 56.6 Å². The number of hydrogen-bond donors (Lipinski definition) is 0. The molecule has 6 nitrogen and oxygen atoms in total. The summed E-state index contributed by atoms with van der Waals surface area (Å²) in [5.41, 5.74) is 2.32. The van der Waals surface area contributed by atoms with E-state index in [1.54, 1.807) is 4.90 Å². The summed E-state index contributed by atoms with van der Waals surface area (Å²) in [6.07, 6.45) is 2.06. The lowest BCUT2D eigenvalue weighted by molar-refractivity contribution is -0.140. The van der Waals surface area contributed by atoms with Crippen LogP contribution in [0.25, 0.3) is 0 Å². The van der Waals surface area contributed by atoms with E-state index >= 15 is 0 Å². The van der Waals surface area contributed by atoms with E-state index in [1.807, 2.05) is 60.4 Å². The van der Waals surface area contributed by atoms with E-state index in [0.717, 1.165) is 11.1 Å². The van der Waals surface area contributed by atoms with Crippen molar-refractivity contribution in [3.8, 4) is 5.75 Å². The van der Waals surface area contributed by atoms with Crippen LogP contribution in [0.4, 0.5) is 0 Å². The Kier molecular flexibility index (Phi) is 5.24. The summed E-state index contributed by atoms with van der Waals surface area (Å²) in [7, 11) is 0. The minimum Gasteiger partial charge on any atom is -0.486 e. The first-order valence-corrected chi connectivity index (χ1v) is 11.4. The van der Waals surface area contributed by atoms with Crippen LogP contribution in [-0.2, 0) is 9.59 Å². The largest absolute Gasteiger partial charge is 0.486 e. The Bertz CT molecular complexity index is 1060. The number of benzene rings is 2. The smallest absolute Gasteiger partial charge is 0.242 e. The zero-order valence-electron chi connectivity index (χ0n) is 18.4. The van der Waals surface area contributed by atoms with E-state index in [9.17, 15) is 14.4 Å². The first kappa shape index (κ1) is 20.7. The van der Waals surface area contributed by atoms with E-state index < -0.39 is 5.60 Å². The van der Waals surface area contributed by atoms with Crippen LogP contribution >= 0.6 is 0 Å². The Labute approximate surface area is 188 Å². The summed E-state index contributed by atoms with van der Waals surface area (Å²) < 4.78 is 6.30. The quantitative estimate of drug-likeness (QED) is 0.746. The molecule has 3 heterocycles. The minimum atomic E-state index is -0.530. The number of carbonyl (C=O) groups excluding carboxylic acids is 3. The highest BCUT2D eigenvalue weighted by Crippen LogP contribution is 2.39. The molecule has 0 aromatic heterocycles. The average molecular weight is 433 g/mol. The van der Waals surface area contributed by atoms with E-state index in [4.69, 9.17) is 4.74 Å². The molecule has 1 atom stereocenters. The number of Topliss-reactive ketones (excluding diaryl/α,β-unsaturated/α-hetero) is 1. The molecule has 1 spiro atoms. The van der Waals surface area contributed by atoms with Gasteiger partial charge < -0.3 is 14.5 Å². The predicted molar refractivity (Wildman–Crippen MR) is 120 cm³/mol. The molecule has 0 N–H and O–H groups in total. The number of carbonyl (C=O) groups is 3. The first-order valence-electron chi connectivity index (χ1n) is 11.4. The lowest BCUT2D eigenvalue weighted by Gasteiger charge is -2.44. The van der Waals surface area contributed by atoms with Crippen LogP contribution in [0.2, 0.25) is 0 Å². The van der Waals surface area contributed by atoms with Crippen LogP contribution in [0, 0.1) is 6.92 Å². The van der Waals surface area contributed by atoms with Gasteiger partial charge in [0.05, 0.1) is 18.5 Å². The van der Waals surface area contributed by atoms with Gasteiger partial charge in [-0.15, -0.1) is 0 Å². The molecule has 1 unspecified atom stereocenters. The van der Waals surface area contributed by atoms with Crippen molar-refractivity contribution in [1.82, 2.24) is 9.80 Å². The molecule has 166 valence electrons. The van der Waals surface area contributed by atoms with Crippen LogP contribution in [0.5, 0.6) is 5.75 Å². The summed E-state index contributed by atoms with van der Waals surface area (Å²) in [4.78, 5) is 41.7. The third-order valence-electron chi connectivity index (χ3n) is 7.08. The fraction of sp³-hybridized carbons (Fsp3) is 0.423. The fourth-order valence-corrected chi connectivity index (χ4v) is 5.19. The number of aryl methyl sites for hydroxylation is 1. The number of ether oxygens (including phenoxy) is 1. The molecule has 6 heteroatoms.